The fourth-order valence-electron chi connectivity index (χ4n) is 2.79. The minimum absolute atomic E-state index is 0.0195. The molecule has 170 valence electrons. The van der Waals surface area contributed by atoms with E-state index in [1.54, 1.807) is 30.3 Å². The van der Waals surface area contributed by atoms with E-state index in [0.717, 1.165) is 0 Å². The van der Waals surface area contributed by atoms with Gasteiger partial charge in [0.2, 0.25) is 5.91 Å². The molecule has 0 aliphatic heterocycles. The van der Waals surface area contributed by atoms with Gasteiger partial charge in [0.25, 0.3) is 21.6 Å². The van der Waals surface area contributed by atoms with Crippen LogP contribution >= 0.6 is 0 Å². The van der Waals surface area contributed by atoms with Gasteiger partial charge < -0.3 is 10.6 Å². The molecule has 0 aliphatic carbocycles. The summed E-state index contributed by atoms with van der Waals surface area (Å²) in [7, 11) is -3.76. The lowest BCUT2D eigenvalue weighted by Crippen LogP contribution is -2.27. The molecule has 0 atom stereocenters. The summed E-state index contributed by atoms with van der Waals surface area (Å²) in [6, 6.07) is 19.2. The summed E-state index contributed by atoms with van der Waals surface area (Å²) in [4.78, 5) is 34.3. The first-order chi connectivity index (χ1) is 15.7. The van der Waals surface area contributed by atoms with Crippen molar-refractivity contribution in [3.8, 4) is 0 Å². The second-order valence-electron chi connectivity index (χ2n) is 6.85. The highest BCUT2D eigenvalue weighted by molar-refractivity contribution is 7.92. The number of hydrogen-bond donors (Lipinski definition) is 3. The number of rotatable bonds is 9. The maximum Gasteiger partial charge on any atom is 0.269 e. The molecule has 0 aromatic heterocycles. The normalized spacial score (nSPS) is 10.8. The molecule has 0 unspecified atom stereocenters. The zero-order chi connectivity index (χ0) is 23.8. The molecular formula is C22H20N4O6S. The molecule has 33 heavy (non-hydrogen) atoms. The highest BCUT2D eigenvalue weighted by atomic mass is 32.2. The van der Waals surface area contributed by atoms with Crippen molar-refractivity contribution in [1.29, 1.82) is 0 Å². The number of nitro benzene ring substituents is 1. The number of hydrogen-bond acceptors (Lipinski definition) is 6. The van der Waals surface area contributed by atoms with Crippen LogP contribution in [0.2, 0.25) is 0 Å². The number of amides is 2. The fraction of sp³-hybridized carbons (Fsp3) is 0.0909. The van der Waals surface area contributed by atoms with Crippen LogP contribution in [-0.2, 0) is 14.8 Å². The molecule has 0 radical (unpaired) electrons. The van der Waals surface area contributed by atoms with E-state index in [4.69, 9.17) is 0 Å². The number of nitrogens with one attached hydrogen (secondary N) is 3. The maximum absolute atomic E-state index is 12.4. The van der Waals surface area contributed by atoms with Crippen molar-refractivity contribution < 1.29 is 22.9 Å². The van der Waals surface area contributed by atoms with Gasteiger partial charge in [-0.3, -0.25) is 24.4 Å². The van der Waals surface area contributed by atoms with Crippen LogP contribution in [0, 0.1) is 10.1 Å². The van der Waals surface area contributed by atoms with E-state index in [1.807, 2.05) is 0 Å². The molecule has 10 nitrogen and oxygen atoms in total. The molecule has 0 fully saturated rings. The van der Waals surface area contributed by atoms with Gasteiger partial charge >= 0.3 is 0 Å². The average molecular weight is 468 g/mol. The van der Waals surface area contributed by atoms with Crippen molar-refractivity contribution in [3.05, 3.63) is 94.5 Å². The number of carbonyl (C=O) groups is 2. The Bertz CT molecular complexity index is 1240. The summed E-state index contributed by atoms with van der Waals surface area (Å²) in [6.45, 7) is 0.0507. The van der Waals surface area contributed by atoms with Gasteiger partial charge in [-0.25, -0.2) is 8.42 Å². The first-order valence-corrected chi connectivity index (χ1v) is 11.2. The molecule has 0 saturated heterocycles. The molecule has 0 saturated carbocycles. The van der Waals surface area contributed by atoms with Gasteiger partial charge in [-0.1, -0.05) is 18.2 Å². The Morgan fingerprint density at radius 3 is 2.09 bits per heavy atom. The molecule has 2 amide bonds. The quantitative estimate of drug-likeness (QED) is 0.325. The number of nitro groups is 1. The molecule has 0 heterocycles. The summed E-state index contributed by atoms with van der Waals surface area (Å²) in [5.74, 6) is -0.838. The number of benzene rings is 3. The second-order valence-corrected chi connectivity index (χ2v) is 8.54. The van der Waals surface area contributed by atoms with Crippen molar-refractivity contribution in [2.24, 2.45) is 0 Å². The summed E-state index contributed by atoms with van der Waals surface area (Å²) in [6.07, 6.45) is -0.0195. The predicted molar refractivity (Wildman–Crippen MR) is 122 cm³/mol. The zero-order valence-electron chi connectivity index (χ0n) is 17.2. The van der Waals surface area contributed by atoms with E-state index in [1.165, 1.54) is 48.5 Å². The van der Waals surface area contributed by atoms with Gasteiger partial charge in [-0.15, -0.1) is 0 Å². The highest BCUT2D eigenvalue weighted by Crippen LogP contribution is 2.18. The number of carbonyl (C=O) groups excluding carboxylic acids is 2. The van der Waals surface area contributed by atoms with E-state index in [-0.39, 0.29) is 35.0 Å². The van der Waals surface area contributed by atoms with Crippen molar-refractivity contribution in [2.45, 2.75) is 11.3 Å². The summed E-state index contributed by atoms with van der Waals surface area (Å²) < 4.78 is 27.3. The third-order valence-electron chi connectivity index (χ3n) is 4.45. The monoisotopic (exact) mass is 468 g/mol. The largest absolute Gasteiger partial charge is 0.352 e. The van der Waals surface area contributed by atoms with E-state index in [9.17, 15) is 28.1 Å². The van der Waals surface area contributed by atoms with Crippen molar-refractivity contribution in [3.63, 3.8) is 0 Å². The molecule has 0 spiro atoms. The Kier molecular flexibility index (Phi) is 7.36. The average Bonchev–Trinajstić information content (AvgIpc) is 2.80. The smallest absolute Gasteiger partial charge is 0.269 e. The molecule has 3 aromatic rings. The molecular weight excluding hydrogens is 448 g/mol. The predicted octanol–water partition coefficient (Wildman–Crippen LogP) is 3.15. The fourth-order valence-corrected chi connectivity index (χ4v) is 3.85. The van der Waals surface area contributed by atoms with Gasteiger partial charge in [0.15, 0.2) is 0 Å². The van der Waals surface area contributed by atoms with Crippen molar-refractivity contribution >= 4 is 38.9 Å². The maximum atomic E-state index is 12.4. The summed E-state index contributed by atoms with van der Waals surface area (Å²) >= 11 is 0. The third-order valence-corrected chi connectivity index (χ3v) is 5.85. The Morgan fingerprint density at radius 2 is 1.48 bits per heavy atom. The van der Waals surface area contributed by atoms with E-state index in [0.29, 0.717) is 11.4 Å². The number of para-hydroxylation sites is 1. The SMILES string of the molecule is O=C(CCNC(=O)c1ccc([N+](=O)[O-])cc1)Nc1ccc(S(=O)(=O)Nc2ccccc2)cc1. The van der Waals surface area contributed by atoms with E-state index < -0.39 is 20.9 Å². The third kappa shape index (κ3) is 6.61. The molecule has 0 aliphatic rings. The molecule has 3 N–H and O–H groups in total. The molecule has 3 rings (SSSR count). The first-order valence-electron chi connectivity index (χ1n) is 9.75. The molecule has 3 aromatic carbocycles. The molecule has 0 bridgehead atoms. The van der Waals surface area contributed by atoms with E-state index in [2.05, 4.69) is 15.4 Å². The van der Waals surface area contributed by atoms with Crippen LogP contribution < -0.4 is 15.4 Å². The Labute approximate surface area is 189 Å². The number of sulfonamides is 1. The van der Waals surface area contributed by atoms with Crippen LogP contribution in [0.3, 0.4) is 0 Å². The lowest BCUT2D eigenvalue weighted by Gasteiger charge is -2.10. The van der Waals surface area contributed by atoms with Gasteiger partial charge in [-0.2, -0.15) is 0 Å². The van der Waals surface area contributed by atoms with Crippen LogP contribution in [0.5, 0.6) is 0 Å². The zero-order valence-corrected chi connectivity index (χ0v) is 18.0. The Balaban J connectivity index is 1.48. The summed E-state index contributed by atoms with van der Waals surface area (Å²) in [5, 5.41) is 15.8. The lowest BCUT2D eigenvalue weighted by atomic mass is 10.2. The van der Waals surface area contributed by atoms with Crippen LogP contribution in [0.1, 0.15) is 16.8 Å². The molecule has 11 heteroatoms. The van der Waals surface area contributed by atoms with Gasteiger partial charge in [0.1, 0.15) is 0 Å². The van der Waals surface area contributed by atoms with Gasteiger partial charge in [0, 0.05) is 42.0 Å². The minimum Gasteiger partial charge on any atom is -0.352 e. The van der Waals surface area contributed by atoms with Crippen molar-refractivity contribution in [2.75, 3.05) is 16.6 Å². The van der Waals surface area contributed by atoms with Crippen LogP contribution in [0.25, 0.3) is 0 Å². The Hall–Kier alpha value is -4.25. The first kappa shape index (κ1) is 23.4. The summed E-state index contributed by atoms with van der Waals surface area (Å²) in [5.41, 5.74) is 0.952. The van der Waals surface area contributed by atoms with Crippen LogP contribution in [-0.4, -0.2) is 31.7 Å². The standard InChI is InChI=1S/C22H20N4O6S/c27-21(14-15-23-22(28)16-6-10-19(11-7-16)26(29)30)24-17-8-12-20(13-9-17)33(31,32)25-18-4-2-1-3-5-18/h1-13,25H,14-15H2,(H,23,28)(H,24,27). The second kappa shape index (κ2) is 10.4. The lowest BCUT2D eigenvalue weighted by molar-refractivity contribution is -0.384. The van der Waals surface area contributed by atoms with Crippen molar-refractivity contribution in [1.82, 2.24) is 5.32 Å². The van der Waals surface area contributed by atoms with Crippen LogP contribution in [0.15, 0.2) is 83.8 Å². The number of nitrogens with zero attached hydrogens (tertiary/aromatic N) is 1. The van der Waals surface area contributed by atoms with E-state index >= 15 is 0 Å². The van der Waals surface area contributed by atoms with Crippen LogP contribution in [0.4, 0.5) is 17.1 Å². The minimum atomic E-state index is -3.76. The van der Waals surface area contributed by atoms with Gasteiger partial charge in [-0.05, 0) is 48.5 Å². The topological polar surface area (TPSA) is 148 Å². The number of anilines is 2. The highest BCUT2D eigenvalue weighted by Gasteiger charge is 2.14. The Morgan fingerprint density at radius 1 is 0.848 bits per heavy atom. The van der Waals surface area contributed by atoms with Gasteiger partial charge in [0.05, 0.1) is 9.82 Å². The number of non-ortho nitro benzene ring substituents is 1.